The SMILES string of the molecule is CC1=NCC(C)=C1c1ccc(NC(=O)[C@@H](NC(=O)c2ccnn2C)C(c2cnn(C)c2)C2(C)CC2)cn1. The summed E-state index contributed by atoms with van der Waals surface area (Å²) >= 11 is 0. The summed E-state index contributed by atoms with van der Waals surface area (Å²) in [4.78, 5) is 36.1. The molecule has 2 aliphatic rings. The van der Waals surface area contributed by atoms with Crippen LogP contribution in [0.4, 0.5) is 5.69 Å². The molecule has 10 heteroatoms. The number of amides is 2. The first-order valence-electron chi connectivity index (χ1n) is 12.4. The molecule has 3 aromatic rings. The van der Waals surface area contributed by atoms with Crippen LogP contribution in [0.3, 0.4) is 0 Å². The fraction of sp³-hybridized carbons (Fsp3) is 0.407. The third kappa shape index (κ3) is 4.83. The predicted molar refractivity (Wildman–Crippen MR) is 141 cm³/mol. The van der Waals surface area contributed by atoms with Crippen molar-refractivity contribution in [3.8, 4) is 0 Å². The molecule has 192 valence electrons. The molecule has 0 aromatic carbocycles. The zero-order valence-electron chi connectivity index (χ0n) is 21.8. The lowest BCUT2D eigenvalue weighted by Gasteiger charge is -2.31. The highest BCUT2D eigenvalue weighted by atomic mass is 16.2. The van der Waals surface area contributed by atoms with E-state index in [1.807, 2.05) is 32.3 Å². The lowest BCUT2D eigenvalue weighted by Crippen LogP contribution is -2.50. The van der Waals surface area contributed by atoms with Gasteiger partial charge in [0.15, 0.2) is 0 Å². The van der Waals surface area contributed by atoms with Gasteiger partial charge >= 0.3 is 0 Å². The topological polar surface area (TPSA) is 119 Å². The molecule has 0 bridgehead atoms. The van der Waals surface area contributed by atoms with Crippen LogP contribution < -0.4 is 10.6 Å². The Morgan fingerprint density at radius 2 is 1.86 bits per heavy atom. The Kier molecular flexibility index (Phi) is 6.26. The van der Waals surface area contributed by atoms with Gasteiger partial charge in [-0.25, -0.2) is 0 Å². The summed E-state index contributed by atoms with van der Waals surface area (Å²) in [5.41, 5.74) is 5.76. The standard InChI is InChI=1S/C27H32N8O2/c1-16-12-28-17(2)22(16)20-7-6-19(14-29-20)32-26(37)24(33-25(36)21-8-11-30-35(21)5)23(27(3)9-10-27)18-13-31-34(4)15-18/h6-8,11,13-15,23-24H,9-10,12H2,1-5H3,(H,32,37)(H,33,36)/t23?,24-/m0/s1. The van der Waals surface area contributed by atoms with Crippen molar-refractivity contribution >= 4 is 28.8 Å². The molecule has 1 aliphatic carbocycles. The molecule has 2 atom stereocenters. The van der Waals surface area contributed by atoms with Gasteiger partial charge in [-0.15, -0.1) is 0 Å². The molecule has 37 heavy (non-hydrogen) atoms. The first kappa shape index (κ1) is 24.6. The molecular formula is C27H32N8O2. The second kappa shape index (κ2) is 9.42. The highest BCUT2D eigenvalue weighted by molar-refractivity contribution is 6.24. The Bertz CT molecular complexity index is 1410. The molecule has 10 nitrogen and oxygen atoms in total. The molecule has 1 saturated carbocycles. The number of aliphatic imine (C=N–C) groups is 1. The highest BCUT2D eigenvalue weighted by Gasteiger charge is 2.51. The van der Waals surface area contributed by atoms with Crippen molar-refractivity contribution in [2.24, 2.45) is 24.5 Å². The monoisotopic (exact) mass is 500 g/mol. The minimum atomic E-state index is -0.826. The van der Waals surface area contributed by atoms with Crippen molar-refractivity contribution in [2.45, 2.75) is 45.6 Å². The third-order valence-corrected chi connectivity index (χ3v) is 7.46. The smallest absolute Gasteiger partial charge is 0.270 e. The number of hydrogen-bond donors (Lipinski definition) is 2. The fourth-order valence-electron chi connectivity index (χ4n) is 5.16. The number of nitrogens with zero attached hydrogens (tertiary/aromatic N) is 6. The summed E-state index contributed by atoms with van der Waals surface area (Å²) in [6, 6.07) is 4.54. The Morgan fingerprint density at radius 3 is 2.41 bits per heavy atom. The lowest BCUT2D eigenvalue weighted by atomic mass is 9.79. The molecule has 1 aliphatic heterocycles. The Labute approximate surface area is 215 Å². The summed E-state index contributed by atoms with van der Waals surface area (Å²) in [7, 11) is 3.55. The molecule has 4 heterocycles. The number of aromatic nitrogens is 5. The normalized spacial score (nSPS) is 17.8. The number of hydrogen-bond acceptors (Lipinski definition) is 6. The van der Waals surface area contributed by atoms with Gasteiger partial charge in [0.2, 0.25) is 5.91 Å². The summed E-state index contributed by atoms with van der Waals surface area (Å²) in [5.74, 6) is -0.915. The van der Waals surface area contributed by atoms with Gasteiger partial charge in [0.1, 0.15) is 11.7 Å². The molecule has 5 rings (SSSR count). The maximum absolute atomic E-state index is 13.8. The van der Waals surface area contributed by atoms with Crippen LogP contribution in [0.5, 0.6) is 0 Å². The minimum Gasteiger partial charge on any atom is -0.338 e. The van der Waals surface area contributed by atoms with E-state index in [0.29, 0.717) is 17.9 Å². The number of carbonyl (C=O) groups is 2. The van der Waals surface area contributed by atoms with Crippen molar-refractivity contribution in [3.05, 3.63) is 65.5 Å². The Morgan fingerprint density at radius 1 is 1.08 bits per heavy atom. The molecule has 0 radical (unpaired) electrons. The zero-order valence-corrected chi connectivity index (χ0v) is 21.8. The molecule has 0 spiro atoms. The molecule has 3 aromatic heterocycles. The second-order valence-electron chi connectivity index (χ2n) is 10.3. The van der Waals surface area contributed by atoms with E-state index >= 15 is 0 Å². The van der Waals surface area contributed by atoms with Crippen LogP contribution in [0.1, 0.15) is 61.3 Å². The first-order chi connectivity index (χ1) is 17.7. The first-order valence-corrected chi connectivity index (χ1v) is 12.4. The summed E-state index contributed by atoms with van der Waals surface area (Å²) in [5, 5.41) is 14.4. The number of allylic oxidation sites excluding steroid dienone is 1. The summed E-state index contributed by atoms with van der Waals surface area (Å²) < 4.78 is 3.22. The van der Waals surface area contributed by atoms with Gasteiger partial charge in [-0.1, -0.05) is 6.92 Å². The van der Waals surface area contributed by atoms with Crippen LogP contribution in [0.15, 0.2) is 53.6 Å². The van der Waals surface area contributed by atoms with E-state index in [4.69, 9.17) is 0 Å². The largest absolute Gasteiger partial charge is 0.338 e. The van der Waals surface area contributed by atoms with E-state index in [9.17, 15) is 9.59 Å². The van der Waals surface area contributed by atoms with Crippen LogP contribution in [-0.2, 0) is 18.9 Å². The van der Waals surface area contributed by atoms with E-state index in [-0.39, 0.29) is 23.1 Å². The van der Waals surface area contributed by atoms with E-state index in [1.54, 1.807) is 36.4 Å². The van der Waals surface area contributed by atoms with Crippen molar-refractivity contribution in [1.82, 2.24) is 29.9 Å². The van der Waals surface area contributed by atoms with E-state index < -0.39 is 6.04 Å². The maximum Gasteiger partial charge on any atom is 0.270 e. The van der Waals surface area contributed by atoms with E-state index in [0.717, 1.165) is 35.4 Å². The van der Waals surface area contributed by atoms with E-state index in [2.05, 4.69) is 44.7 Å². The number of anilines is 1. The van der Waals surface area contributed by atoms with Gasteiger partial charge in [-0.05, 0) is 61.4 Å². The van der Waals surface area contributed by atoms with E-state index in [1.165, 1.54) is 10.3 Å². The molecule has 1 unspecified atom stereocenters. The summed E-state index contributed by atoms with van der Waals surface area (Å²) in [6.07, 6.45) is 8.83. The van der Waals surface area contributed by atoms with Gasteiger partial charge in [0.05, 0.1) is 30.3 Å². The van der Waals surface area contributed by atoms with Gasteiger partial charge in [-0.2, -0.15) is 10.2 Å². The number of aryl methyl sites for hydroxylation is 2. The third-order valence-electron chi connectivity index (χ3n) is 7.46. The predicted octanol–water partition coefficient (Wildman–Crippen LogP) is 3.12. The highest BCUT2D eigenvalue weighted by Crippen LogP contribution is 2.57. The van der Waals surface area contributed by atoms with Crippen molar-refractivity contribution in [3.63, 3.8) is 0 Å². The molecule has 0 saturated heterocycles. The average Bonchev–Trinajstić information content (AvgIpc) is 3.14. The number of rotatable bonds is 8. The number of carbonyl (C=O) groups excluding carboxylic acids is 2. The van der Waals surface area contributed by atoms with Gasteiger partial charge in [0, 0.05) is 43.7 Å². The summed E-state index contributed by atoms with van der Waals surface area (Å²) in [6.45, 7) is 6.88. The minimum absolute atomic E-state index is 0.129. The average molecular weight is 501 g/mol. The van der Waals surface area contributed by atoms with Crippen LogP contribution in [0, 0.1) is 5.41 Å². The van der Waals surface area contributed by atoms with Crippen molar-refractivity contribution in [2.75, 3.05) is 11.9 Å². The quantitative estimate of drug-likeness (QED) is 0.493. The Balaban J connectivity index is 1.44. The Hall–Kier alpha value is -4.08. The number of pyridine rings is 1. The van der Waals surface area contributed by atoms with Crippen molar-refractivity contribution in [1.29, 1.82) is 0 Å². The van der Waals surface area contributed by atoms with Gasteiger partial charge in [-0.3, -0.25) is 28.9 Å². The van der Waals surface area contributed by atoms with Crippen LogP contribution >= 0.6 is 0 Å². The maximum atomic E-state index is 13.8. The fourth-order valence-corrected chi connectivity index (χ4v) is 5.16. The van der Waals surface area contributed by atoms with Crippen LogP contribution in [-0.4, -0.2) is 54.7 Å². The number of nitrogens with one attached hydrogen (secondary N) is 2. The van der Waals surface area contributed by atoms with Crippen molar-refractivity contribution < 1.29 is 9.59 Å². The van der Waals surface area contributed by atoms with Crippen LogP contribution in [0.2, 0.25) is 0 Å². The molecule has 2 N–H and O–H groups in total. The second-order valence-corrected chi connectivity index (χ2v) is 10.3. The molecular weight excluding hydrogens is 468 g/mol. The lowest BCUT2D eigenvalue weighted by molar-refractivity contribution is -0.119. The zero-order chi connectivity index (χ0) is 26.3. The van der Waals surface area contributed by atoms with Gasteiger partial charge < -0.3 is 10.6 Å². The molecule has 1 fully saturated rings. The van der Waals surface area contributed by atoms with Gasteiger partial charge in [0.25, 0.3) is 5.91 Å². The molecule has 2 amide bonds. The van der Waals surface area contributed by atoms with Crippen LogP contribution in [0.25, 0.3) is 5.57 Å².